The molecule has 8 nitrogen and oxygen atoms in total. The Balaban J connectivity index is 1.64. The number of nitrogens with one attached hydrogen (secondary N) is 1. The van der Waals surface area contributed by atoms with E-state index < -0.39 is 0 Å². The number of imide groups is 1. The highest BCUT2D eigenvalue weighted by Gasteiger charge is 2.28. The van der Waals surface area contributed by atoms with Gasteiger partial charge in [0.2, 0.25) is 11.8 Å². The Kier molecular flexibility index (Phi) is 4.28. The van der Waals surface area contributed by atoms with Gasteiger partial charge in [-0.1, -0.05) is 0 Å². The molecule has 0 bridgehead atoms. The van der Waals surface area contributed by atoms with E-state index in [2.05, 4.69) is 15.3 Å². The SMILES string of the molecule is CC(C)n1cnc2cc(C(=O)NCCN3C(=O)CCC3=O)cnc21. The molecule has 3 heterocycles. The Labute approximate surface area is 138 Å². The highest BCUT2D eigenvalue weighted by molar-refractivity contribution is 6.02. The molecule has 1 aliphatic heterocycles. The van der Waals surface area contributed by atoms with E-state index in [1.165, 1.54) is 11.1 Å². The van der Waals surface area contributed by atoms with Gasteiger partial charge in [0, 0.05) is 38.2 Å². The molecule has 0 aliphatic carbocycles. The van der Waals surface area contributed by atoms with Crippen molar-refractivity contribution in [3.05, 3.63) is 24.2 Å². The number of pyridine rings is 1. The molecule has 0 saturated carbocycles. The first kappa shape index (κ1) is 16.1. The molecule has 24 heavy (non-hydrogen) atoms. The third-order valence-electron chi connectivity index (χ3n) is 4.01. The maximum atomic E-state index is 12.2. The fraction of sp³-hybridized carbons (Fsp3) is 0.438. The van der Waals surface area contributed by atoms with E-state index in [1.807, 2.05) is 18.4 Å². The molecule has 0 aromatic carbocycles. The van der Waals surface area contributed by atoms with Crippen LogP contribution in [0, 0.1) is 0 Å². The van der Waals surface area contributed by atoms with Gasteiger partial charge in [-0.15, -0.1) is 0 Å². The highest BCUT2D eigenvalue weighted by Crippen LogP contribution is 2.16. The minimum atomic E-state index is -0.303. The van der Waals surface area contributed by atoms with Gasteiger partial charge in [0.05, 0.1) is 11.9 Å². The molecule has 1 saturated heterocycles. The molecule has 0 atom stereocenters. The maximum Gasteiger partial charge on any atom is 0.252 e. The summed E-state index contributed by atoms with van der Waals surface area (Å²) in [6.45, 7) is 4.48. The van der Waals surface area contributed by atoms with E-state index >= 15 is 0 Å². The first-order valence-corrected chi connectivity index (χ1v) is 7.91. The number of fused-ring (bicyclic) bond motifs is 1. The Morgan fingerprint density at radius 3 is 2.62 bits per heavy atom. The monoisotopic (exact) mass is 329 g/mol. The van der Waals surface area contributed by atoms with Crippen molar-refractivity contribution < 1.29 is 14.4 Å². The van der Waals surface area contributed by atoms with Crippen LogP contribution in [0.2, 0.25) is 0 Å². The smallest absolute Gasteiger partial charge is 0.252 e. The van der Waals surface area contributed by atoms with Crippen LogP contribution in [0.4, 0.5) is 0 Å². The van der Waals surface area contributed by atoms with Gasteiger partial charge in [0.25, 0.3) is 5.91 Å². The molecule has 0 spiro atoms. The second-order valence-corrected chi connectivity index (χ2v) is 6.01. The van der Waals surface area contributed by atoms with E-state index in [0.29, 0.717) is 11.1 Å². The predicted octanol–water partition coefficient (Wildman–Crippen LogP) is 0.891. The molecule has 2 aromatic heterocycles. The molecule has 3 amide bonds. The molecule has 126 valence electrons. The maximum absolute atomic E-state index is 12.2. The lowest BCUT2D eigenvalue weighted by Gasteiger charge is -2.14. The summed E-state index contributed by atoms with van der Waals surface area (Å²) in [5.41, 5.74) is 1.78. The fourth-order valence-corrected chi connectivity index (χ4v) is 2.68. The van der Waals surface area contributed by atoms with Crippen LogP contribution in [0.15, 0.2) is 18.6 Å². The zero-order valence-corrected chi connectivity index (χ0v) is 13.7. The molecule has 2 aromatic rings. The topological polar surface area (TPSA) is 97.2 Å². The average molecular weight is 329 g/mol. The van der Waals surface area contributed by atoms with Gasteiger partial charge in [-0.25, -0.2) is 9.97 Å². The number of hydrogen-bond donors (Lipinski definition) is 1. The van der Waals surface area contributed by atoms with Gasteiger partial charge in [0.15, 0.2) is 5.65 Å². The summed E-state index contributed by atoms with van der Waals surface area (Å²) >= 11 is 0. The van der Waals surface area contributed by atoms with Crippen molar-refractivity contribution in [2.24, 2.45) is 0 Å². The van der Waals surface area contributed by atoms with Crippen LogP contribution < -0.4 is 5.32 Å². The van der Waals surface area contributed by atoms with Crippen LogP contribution >= 0.6 is 0 Å². The van der Waals surface area contributed by atoms with Crippen molar-refractivity contribution in [2.75, 3.05) is 13.1 Å². The lowest BCUT2D eigenvalue weighted by molar-refractivity contribution is -0.138. The number of rotatable bonds is 5. The van der Waals surface area contributed by atoms with E-state index in [9.17, 15) is 14.4 Å². The Morgan fingerprint density at radius 2 is 1.96 bits per heavy atom. The van der Waals surface area contributed by atoms with E-state index in [-0.39, 0.29) is 49.7 Å². The van der Waals surface area contributed by atoms with E-state index in [0.717, 1.165) is 5.65 Å². The second kappa shape index (κ2) is 6.38. The summed E-state index contributed by atoms with van der Waals surface area (Å²) < 4.78 is 1.93. The Morgan fingerprint density at radius 1 is 1.25 bits per heavy atom. The molecular formula is C16H19N5O3. The van der Waals surface area contributed by atoms with Crippen LogP contribution in [0.25, 0.3) is 11.2 Å². The molecule has 1 fully saturated rings. The Bertz CT molecular complexity index is 795. The molecule has 0 radical (unpaired) electrons. The van der Waals surface area contributed by atoms with Crippen LogP contribution in [-0.2, 0) is 9.59 Å². The predicted molar refractivity (Wildman–Crippen MR) is 86.2 cm³/mol. The van der Waals surface area contributed by atoms with Crippen molar-refractivity contribution in [1.82, 2.24) is 24.8 Å². The summed E-state index contributed by atoms with van der Waals surface area (Å²) in [4.78, 5) is 45.0. The van der Waals surface area contributed by atoms with E-state index in [1.54, 1.807) is 12.4 Å². The van der Waals surface area contributed by atoms with Crippen LogP contribution in [-0.4, -0.2) is 50.2 Å². The number of nitrogens with zero attached hydrogens (tertiary/aromatic N) is 4. The molecule has 1 N–H and O–H groups in total. The quantitative estimate of drug-likeness (QED) is 0.822. The fourth-order valence-electron chi connectivity index (χ4n) is 2.68. The van der Waals surface area contributed by atoms with Crippen molar-refractivity contribution in [2.45, 2.75) is 32.7 Å². The number of likely N-dealkylation sites (tertiary alicyclic amines) is 1. The lowest BCUT2D eigenvalue weighted by atomic mass is 10.2. The molecule has 0 unspecified atom stereocenters. The molecule has 3 rings (SSSR count). The van der Waals surface area contributed by atoms with Crippen molar-refractivity contribution in [3.8, 4) is 0 Å². The first-order valence-electron chi connectivity index (χ1n) is 7.91. The van der Waals surface area contributed by atoms with Crippen LogP contribution in [0.1, 0.15) is 43.1 Å². The average Bonchev–Trinajstić information content (AvgIpc) is 3.11. The number of aromatic nitrogens is 3. The van der Waals surface area contributed by atoms with Gasteiger partial charge in [0.1, 0.15) is 5.52 Å². The number of carbonyl (C=O) groups excluding carboxylic acids is 3. The standard InChI is InChI=1S/C16H19N5O3/c1-10(2)21-9-19-12-7-11(8-18-15(12)21)16(24)17-5-6-20-13(22)3-4-14(20)23/h7-10H,3-6H2,1-2H3,(H,17,24). The van der Waals surface area contributed by atoms with Gasteiger partial charge >= 0.3 is 0 Å². The number of carbonyl (C=O) groups is 3. The molecular weight excluding hydrogens is 310 g/mol. The summed E-state index contributed by atoms with van der Waals surface area (Å²) in [6.07, 6.45) is 3.72. The van der Waals surface area contributed by atoms with E-state index in [4.69, 9.17) is 0 Å². The first-order chi connectivity index (χ1) is 11.5. The number of amides is 3. The zero-order valence-electron chi connectivity index (χ0n) is 13.7. The second-order valence-electron chi connectivity index (χ2n) is 6.01. The van der Waals surface area contributed by atoms with Gasteiger partial charge < -0.3 is 9.88 Å². The van der Waals surface area contributed by atoms with Crippen molar-refractivity contribution in [3.63, 3.8) is 0 Å². The normalized spacial score (nSPS) is 14.9. The molecule has 8 heteroatoms. The number of imidazole rings is 1. The van der Waals surface area contributed by atoms with Crippen molar-refractivity contribution >= 4 is 28.9 Å². The minimum absolute atomic E-state index is 0.184. The minimum Gasteiger partial charge on any atom is -0.350 e. The third-order valence-corrected chi connectivity index (χ3v) is 4.01. The summed E-state index contributed by atoms with van der Waals surface area (Å²) in [7, 11) is 0. The largest absolute Gasteiger partial charge is 0.350 e. The summed E-state index contributed by atoms with van der Waals surface area (Å²) in [5.74, 6) is -0.671. The van der Waals surface area contributed by atoms with Gasteiger partial charge in [-0.05, 0) is 19.9 Å². The van der Waals surface area contributed by atoms with Crippen LogP contribution in [0.5, 0.6) is 0 Å². The zero-order chi connectivity index (χ0) is 17.3. The van der Waals surface area contributed by atoms with Crippen molar-refractivity contribution in [1.29, 1.82) is 0 Å². The summed E-state index contributed by atoms with van der Waals surface area (Å²) in [5, 5.41) is 2.70. The third kappa shape index (κ3) is 2.99. The van der Waals surface area contributed by atoms with Crippen LogP contribution in [0.3, 0.4) is 0 Å². The highest BCUT2D eigenvalue weighted by atomic mass is 16.2. The number of hydrogen-bond acceptors (Lipinski definition) is 5. The summed E-state index contributed by atoms with van der Waals surface area (Å²) in [6, 6.07) is 1.92. The Hall–Kier alpha value is -2.77. The van der Waals surface area contributed by atoms with Gasteiger partial charge in [-0.2, -0.15) is 0 Å². The molecule has 1 aliphatic rings. The lowest BCUT2D eigenvalue weighted by Crippen LogP contribution is -2.37. The van der Waals surface area contributed by atoms with Gasteiger partial charge in [-0.3, -0.25) is 19.3 Å².